The third-order valence-corrected chi connectivity index (χ3v) is 3.67. The minimum absolute atomic E-state index is 0.244. The predicted molar refractivity (Wildman–Crippen MR) is 84.0 cm³/mol. The van der Waals surface area contributed by atoms with Crippen LogP contribution in [-0.4, -0.2) is 12.5 Å². The van der Waals surface area contributed by atoms with Crippen LogP contribution in [0.25, 0.3) is 0 Å². The Morgan fingerprint density at radius 3 is 2.10 bits per heavy atom. The van der Waals surface area contributed by atoms with Crippen molar-refractivity contribution in [2.45, 2.75) is 18.2 Å². The van der Waals surface area contributed by atoms with Crippen molar-refractivity contribution >= 4 is 17.5 Å². The zero-order valence-corrected chi connectivity index (χ0v) is 12.6. The molecule has 4 heteroatoms. The van der Waals surface area contributed by atoms with Crippen LogP contribution in [0.3, 0.4) is 0 Å². The maximum absolute atomic E-state index is 12.4. The second kappa shape index (κ2) is 7.81. The lowest BCUT2D eigenvalue weighted by Crippen LogP contribution is -2.31. The molecular weight excluding hydrogens is 286 g/mol. The monoisotopic (exact) mass is 303 g/mol. The Hall–Kier alpha value is -1.84. The summed E-state index contributed by atoms with van der Waals surface area (Å²) in [6, 6.07) is 19.1. The number of amides is 1. The lowest BCUT2D eigenvalue weighted by molar-refractivity contribution is -0.134. The number of carbonyl (C=O) groups excluding carboxylic acids is 1. The minimum Gasteiger partial charge on any atom is -0.274 e. The summed E-state index contributed by atoms with van der Waals surface area (Å²) in [6.07, 6.45) is 0. The summed E-state index contributed by atoms with van der Waals surface area (Å²) >= 11 is 6.56. The third kappa shape index (κ3) is 4.06. The van der Waals surface area contributed by atoms with E-state index in [2.05, 4.69) is 5.48 Å². The number of hydrogen-bond acceptors (Lipinski definition) is 2. The Labute approximate surface area is 129 Å². The van der Waals surface area contributed by atoms with Crippen LogP contribution in [-0.2, 0) is 9.63 Å². The fourth-order valence-corrected chi connectivity index (χ4v) is 2.56. The van der Waals surface area contributed by atoms with Gasteiger partial charge in [0, 0.05) is 0 Å². The van der Waals surface area contributed by atoms with Gasteiger partial charge in [0.1, 0.15) is 0 Å². The summed E-state index contributed by atoms with van der Waals surface area (Å²) in [6.45, 7) is 2.22. The molecule has 0 heterocycles. The van der Waals surface area contributed by atoms with Gasteiger partial charge in [-0.3, -0.25) is 9.63 Å². The quantitative estimate of drug-likeness (QED) is 0.651. The van der Waals surface area contributed by atoms with Gasteiger partial charge < -0.3 is 0 Å². The second-order valence-corrected chi connectivity index (χ2v) is 5.07. The molecule has 0 saturated carbocycles. The third-order valence-electron chi connectivity index (χ3n) is 3.17. The number of halogens is 1. The van der Waals surface area contributed by atoms with Gasteiger partial charge in [-0.1, -0.05) is 60.7 Å². The number of alkyl halides is 1. The first-order chi connectivity index (χ1) is 10.2. The zero-order valence-electron chi connectivity index (χ0n) is 11.8. The summed E-state index contributed by atoms with van der Waals surface area (Å²) in [5, 5.41) is -0.464. The van der Waals surface area contributed by atoms with Crippen molar-refractivity contribution in [1.82, 2.24) is 5.48 Å². The van der Waals surface area contributed by atoms with Gasteiger partial charge in [-0.2, -0.15) is 0 Å². The lowest BCUT2D eigenvalue weighted by Gasteiger charge is -2.22. The normalized spacial score (nSPS) is 13.4. The van der Waals surface area contributed by atoms with Crippen LogP contribution in [0, 0.1) is 0 Å². The van der Waals surface area contributed by atoms with E-state index >= 15 is 0 Å². The fourth-order valence-electron chi connectivity index (χ4n) is 2.15. The molecule has 0 aliphatic carbocycles. The first-order valence-electron chi connectivity index (χ1n) is 6.89. The Morgan fingerprint density at radius 2 is 1.57 bits per heavy atom. The molecule has 0 fully saturated rings. The lowest BCUT2D eigenvalue weighted by atomic mass is 9.91. The molecule has 21 heavy (non-hydrogen) atoms. The first kappa shape index (κ1) is 15.5. The summed E-state index contributed by atoms with van der Waals surface area (Å²) in [7, 11) is 0. The molecule has 0 aliphatic rings. The first-order valence-corrected chi connectivity index (χ1v) is 7.33. The summed E-state index contributed by atoms with van der Waals surface area (Å²) in [4.78, 5) is 17.4. The molecule has 2 aromatic rings. The highest BCUT2D eigenvalue weighted by atomic mass is 35.5. The number of hydrogen-bond donors (Lipinski definition) is 1. The van der Waals surface area contributed by atoms with Crippen LogP contribution in [0.1, 0.15) is 29.3 Å². The van der Waals surface area contributed by atoms with Gasteiger partial charge in [-0.05, 0) is 18.1 Å². The van der Waals surface area contributed by atoms with E-state index in [1.54, 1.807) is 0 Å². The molecule has 0 radical (unpaired) electrons. The van der Waals surface area contributed by atoms with Crippen molar-refractivity contribution in [2.24, 2.45) is 0 Å². The maximum Gasteiger partial charge on any atom is 0.252 e. The van der Waals surface area contributed by atoms with Crippen molar-refractivity contribution in [1.29, 1.82) is 0 Å². The summed E-state index contributed by atoms with van der Waals surface area (Å²) in [5.41, 5.74) is 4.22. The van der Waals surface area contributed by atoms with Crippen molar-refractivity contribution in [3.05, 3.63) is 71.8 Å². The van der Waals surface area contributed by atoms with E-state index in [-0.39, 0.29) is 5.91 Å². The van der Waals surface area contributed by atoms with Crippen LogP contribution in [0.5, 0.6) is 0 Å². The number of carbonyl (C=O) groups is 1. The van der Waals surface area contributed by atoms with E-state index in [4.69, 9.17) is 16.4 Å². The standard InChI is InChI=1S/C17H18ClNO2/c1-2-21-19-17(20)15(13-9-5-3-6-10-13)16(18)14-11-7-4-8-12-14/h3-12,15-16H,2H2,1H3,(H,19,20). The van der Waals surface area contributed by atoms with E-state index in [1.165, 1.54) is 0 Å². The number of nitrogens with one attached hydrogen (secondary N) is 1. The van der Waals surface area contributed by atoms with Crippen molar-refractivity contribution in [2.75, 3.05) is 6.61 Å². The van der Waals surface area contributed by atoms with Crippen molar-refractivity contribution in [3.63, 3.8) is 0 Å². The molecule has 0 spiro atoms. The molecule has 2 atom stereocenters. The molecule has 2 unspecified atom stereocenters. The fraction of sp³-hybridized carbons (Fsp3) is 0.235. The molecule has 0 saturated heterocycles. The molecule has 0 aromatic heterocycles. The smallest absolute Gasteiger partial charge is 0.252 e. The van der Waals surface area contributed by atoms with Gasteiger partial charge in [-0.25, -0.2) is 5.48 Å². The average Bonchev–Trinajstić information content (AvgIpc) is 2.55. The maximum atomic E-state index is 12.4. The molecule has 1 N–H and O–H groups in total. The molecule has 2 rings (SSSR count). The zero-order chi connectivity index (χ0) is 15.1. The summed E-state index contributed by atoms with van der Waals surface area (Å²) in [5.74, 6) is -0.756. The molecule has 2 aromatic carbocycles. The van der Waals surface area contributed by atoms with Gasteiger partial charge in [0.25, 0.3) is 5.91 Å². The predicted octanol–water partition coefficient (Wildman–Crippen LogP) is 3.82. The SMILES string of the molecule is CCONC(=O)C(c1ccccc1)C(Cl)c1ccccc1. The van der Waals surface area contributed by atoms with Gasteiger partial charge >= 0.3 is 0 Å². The van der Waals surface area contributed by atoms with Crippen LogP contribution < -0.4 is 5.48 Å². The molecule has 1 amide bonds. The van der Waals surface area contributed by atoms with Crippen molar-refractivity contribution < 1.29 is 9.63 Å². The second-order valence-electron chi connectivity index (χ2n) is 4.60. The van der Waals surface area contributed by atoms with E-state index < -0.39 is 11.3 Å². The molecule has 0 aliphatic heterocycles. The summed E-state index contributed by atoms with van der Waals surface area (Å²) < 4.78 is 0. The van der Waals surface area contributed by atoms with Crippen molar-refractivity contribution in [3.8, 4) is 0 Å². The van der Waals surface area contributed by atoms with E-state index in [0.717, 1.165) is 11.1 Å². The molecular formula is C17H18ClNO2. The Kier molecular flexibility index (Phi) is 5.78. The Bertz CT molecular complexity index is 560. The number of hydroxylamine groups is 1. The largest absolute Gasteiger partial charge is 0.274 e. The Balaban J connectivity index is 2.30. The number of rotatable bonds is 6. The number of benzene rings is 2. The van der Waals surface area contributed by atoms with Crippen LogP contribution in [0.15, 0.2) is 60.7 Å². The van der Waals surface area contributed by atoms with Gasteiger partial charge in [0.15, 0.2) is 0 Å². The van der Waals surface area contributed by atoms with Gasteiger partial charge in [-0.15, -0.1) is 11.6 Å². The molecule has 3 nitrogen and oxygen atoms in total. The molecule has 110 valence electrons. The topological polar surface area (TPSA) is 38.3 Å². The minimum atomic E-state index is -0.512. The molecule has 0 bridgehead atoms. The van der Waals surface area contributed by atoms with Gasteiger partial charge in [0.05, 0.1) is 17.9 Å². The van der Waals surface area contributed by atoms with E-state index in [0.29, 0.717) is 6.61 Å². The van der Waals surface area contributed by atoms with Crippen LogP contribution >= 0.6 is 11.6 Å². The Morgan fingerprint density at radius 1 is 1.05 bits per heavy atom. The highest BCUT2D eigenvalue weighted by molar-refractivity contribution is 6.23. The van der Waals surface area contributed by atoms with E-state index in [9.17, 15) is 4.79 Å². The van der Waals surface area contributed by atoms with E-state index in [1.807, 2.05) is 67.6 Å². The highest BCUT2D eigenvalue weighted by Gasteiger charge is 2.29. The average molecular weight is 304 g/mol. The van der Waals surface area contributed by atoms with Crippen LogP contribution in [0.4, 0.5) is 0 Å². The highest BCUT2D eigenvalue weighted by Crippen LogP contribution is 2.36. The van der Waals surface area contributed by atoms with Gasteiger partial charge in [0.2, 0.25) is 0 Å². The van der Waals surface area contributed by atoms with Crippen LogP contribution in [0.2, 0.25) is 0 Å².